The van der Waals surface area contributed by atoms with Gasteiger partial charge in [-0.3, -0.25) is 0 Å². The van der Waals surface area contributed by atoms with E-state index in [0.717, 1.165) is 19.3 Å². The maximum Gasteiger partial charge on any atom is 0.157 e. The number of fused-ring (bicyclic) bond motifs is 2. The van der Waals surface area contributed by atoms with Crippen molar-refractivity contribution in [1.29, 1.82) is 0 Å². The van der Waals surface area contributed by atoms with Gasteiger partial charge in [-0.2, -0.15) is 0 Å². The van der Waals surface area contributed by atoms with Gasteiger partial charge < -0.3 is 20.6 Å². The lowest BCUT2D eigenvalue weighted by Crippen LogP contribution is -2.54. The van der Waals surface area contributed by atoms with Crippen LogP contribution >= 0.6 is 0 Å². The second kappa shape index (κ2) is 4.64. The molecule has 2 saturated carbocycles. The van der Waals surface area contributed by atoms with Crippen LogP contribution in [0.2, 0.25) is 0 Å². The van der Waals surface area contributed by atoms with E-state index >= 15 is 0 Å². The average Bonchev–Trinajstić information content (AvgIpc) is 2.95. The van der Waals surface area contributed by atoms with Gasteiger partial charge in [-0.05, 0) is 48.8 Å². The highest BCUT2D eigenvalue weighted by molar-refractivity contribution is 5.44. The molecule has 4 nitrogen and oxygen atoms in total. The Morgan fingerprint density at radius 3 is 2.60 bits per heavy atom. The molecule has 0 radical (unpaired) electrons. The molecule has 4 N–H and O–H groups in total. The summed E-state index contributed by atoms with van der Waals surface area (Å²) >= 11 is 0. The molecule has 2 bridgehead atoms. The maximum atomic E-state index is 11.3. The van der Waals surface area contributed by atoms with E-state index in [1.807, 2.05) is 0 Å². The minimum Gasteiger partial charge on any atom is -0.504 e. The van der Waals surface area contributed by atoms with Crippen LogP contribution in [0.3, 0.4) is 0 Å². The molecule has 1 aromatic rings. The van der Waals surface area contributed by atoms with Crippen LogP contribution in [0.15, 0.2) is 18.2 Å². The number of nitrogens with one attached hydrogen (secondary N) is 1. The molecule has 4 atom stereocenters. The molecule has 2 aliphatic carbocycles. The van der Waals surface area contributed by atoms with Crippen LogP contribution in [-0.2, 0) is 5.60 Å². The molecule has 0 heterocycles. The first-order valence-electron chi connectivity index (χ1n) is 7.43. The van der Waals surface area contributed by atoms with Crippen molar-refractivity contribution in [2.24, 2.45) is 11.8 Å². The minimum absolute atomic E-state index is 0.0187. The molecular weight excluding hydrogens is 254 g/mol. The standard InChI is InChI=1S/C16H23NO3/c1-9(2)17-15-10-3-4-11(7-10)16(15,20)12-5-6-13(18)14(19)8-12/h5-6,8-11,15,17-20H,3-4,7H2,1-2H3/t10-,11-,15-,16-/m0/s1. The van der Waals surface area contributed by atoms with Crippen molar-refractivity contribution >= 4 is 0 Å². The summed E-state index contributed by atoms with van der Waals surface area (Å²) in [5.74, 6) is 0.409. The number of aromatic hydroxyl groups is 2. The summed E-state index contributed by atoms with van der Waals surface area (Å²) in [6.45, 7) is 4.17. The molecule has 2 fully saturated rings. The second-order valence-corrected chi connectivity index (χ2v) is 6.60. The molecule has 0 amide bonds. The molecule has 0 spiro atoms. The quantitative estimate of drug-likeness (QED) is 0.638. The van der Waals surface area contributed by atoms with Crippen molar-refractivity contribution in [3.8, 4) is 11.5 Å². The first-order valence-corrected chi connectivity index (χ1v) is 7.43. The van der Waals surface area contributed by atoms with Crippen LogP contribution in [0.25, 0.3) is 0 Å². The average molecular weight is 277 g/mol. The Morgan fingerprint density at radius 1 is 1.20 bits per heavy atom. The molecule has 3 rings (SSSR count). The maximum absolute atomic E-state index is 11.3. The van der Waals surface area contributed by atoms with Crippen LogP contribution in [0, 0.1) is 11.8 Å². The Bertz CT molecular complexity index is 516. The van der Waals surface area contributed by atoms with Gasteiger partial charge in [-0.25, -0.2) is 0 Å². The fourth-order valence-electron chi connectivity index (χ4n) is 4.14. The zero-order valence-corrected chi connectivity index (χ0v) is 12.0. The number of phenols is 2. The normalized spacial score (nSPS) is 35.9. The molecule has 110 valence electrons. The largest absolute Gasteiger partial charge is 0.504 e. The van der Waals surface area contributed by atoms with E-state index in [0.29, 0.717) is 17.5 Å². The molecular formula is C16H23NO3. The molecule has 0 aromatic heterocycles. The molecule has 0 aliphatic heterocycles. The van der Waals surface area contributed by atoms with E-state index < -0.39 is 5.60 Å². The Morgan fingerprint density at radius 2 is 1.95 bits per heavy atom. The van der Waals surface area contributed by atoms with Crippen LogP contribution in [0.4, 0.5) is 0 Å². The molecule has 20 heavy (non-hydrogen) atoms. The lowest BCUT2D eigenvalue weighted by atomic mass is 9.75. The molecule has 4 heteroatoms. The van der Waals surface area contributed by atoms with Crippen molar-refractivity contribution in [2.45, 2.75) is 50.8 Å². The summed E-state index contributed by atoms with van der Waals surface area (Å²) in [5, 5.41) is 34.0. The second-order valence-electron chi connectivity index (χ2n) is 6.60. The van der Waals surface area contributed by atoms with Crippen molar-refractivity contribution in [3.63, 3.8) is 0 Å². The third-order valence-electron chi connectivity index (χ3n) is 4.99. The molecule has 2 aliphatic rings. The highest BCUT2D eigenvalue weighted by atomic mass is 16.3. The van der Waals surface area contributed by atoms with Crippen molar-refractivity contribution < 1.29 is 15.3 Å². The number of benzene rings is 1. The smallest absolute Gasteiger partial charge is 0.157 e. The first-order chi connectivity index (χ1) is 9.42. The number of aliphatic hydroxyl groups is 1. The SMILES string of the molecule is CC(C)N[C@H]1[C@H]2CC[C@@H](C2)[C@]1(O)c1ccc(O)c(O)c1. The molecule has 1 aromatic carbocycles. The lowest BCUT2D eigenvalue weighted by molar-refractivity contribution is -0.0484. The fraction of sp³-hybridized carbons (Fsp3) is 0.625. The van der Waals surface area contributed by atoms with E-state index in [1.165, 1.54) is 12.1 Å². The zero-order valence-electron chi connectivity index (χ0n) is 12.0. The molecule has 0 unspecified atom stereocenters. The van der Waals surface area contributed by atoms with E-state index in [-0.39, 0.29) is 23.5 Å². The summed E-state index contributed by atoms with van der Waals surface area (Å²) in [4.78, 5) is 0. The summed E-state index contributed by atoms with van der Waals surface area (Å²) in [6.07, 6.45) is 3.21. The van der Waals surface area contributed by atoms with Crippen LogP contribution in [0.1, 0.15) is 38.7 Å². The van der Waals surface area contributed by atoms with Crippen molar-refractivity contribution in [2.75, 3.05) is 0 Å². The lowest BCUT2D eigenvalue weighted by Gasteiger charge is -2.41. The number of phenolic OH excluding ortho intramolecular Hbond substituents is 2. The van der Waals surface area contributed by atoms with Crippen LogP contribution < -0.4 is 5.32 Å². The highest BCUT2D eigenvalue weighted by Crippen LogP contribution is 2.56. The van der Waals surface area contributed by atoms with E-state index in [2.05, 4.69) is 19.2 Å². The summed E-state index contributed by atoms with van der Waals surface area (Å²) < 4.78 is 0. The fourth-order valence-corrected chi connectivity index (χ4v) is 4.14. The van der Waals surface area contributed by atoms with E-state index in [4.69, 9.17) is 0 Å². The first kappa shape index (κ1) is 13.7. The Hall–Kier alpha value is -1.26. The van der Waals surface area contributed by atoms with Crippen LogP contribution in [-0.4, -0.2) is 27.4 Å². The van der Waals surface area contributed by atoms with Gasteiger partial charge in [0.1, 0.15) is 5.60 Å². The van der Waals surface area contributed by atoms with E-state index in [1.54, 1.807) is 6.07 Å². The Balaban J connectivity index is 2.00. The van der Waals surface area contributed by atoms with Gasteiger partial charge >= 0.3 is 0 Å². The third kappa shape index (κ3) is 1.90. The van der Waals surface area contributed by atoms with Gasteiger partial charge in [-0.1, -0.05) is 19.9 Å². The topological polar surface area (TPSA) is 72.7 Å². The number of hydrogen-bond acceptors (Lipinski definition) is 4. The van der Waals surface area contributed by atoms with Crippen molar-refractivity contribution in [3.05, 3.63) is 23.8 Å². The number of hydrogen-bond donors (Lipinski definition) is 4. The minimum atomic E-state index is -0.946. The Labute approximate surface area is 119 Å². The van der Waals surface area contributed by atoms with Gasteiger partial charge in [0.25, 0.3) is 0 Å². The van der Waals surface area contributed by atoms with Gasteiger partial charge in [-0.15, -0.1) is 0 Å². The summed E-state index contributed by atoms with van der Waals surface area (Å²) in [7, 11) is 0. The van der Waals surface area contributed by atoms with E-state index in [9.17, 15) is 15.3 Å². The summed E-state index contributed by atoms with van der Waals surface area (Å²) in [6, 6.07) is 5.01. The monoisotopic (exact) mass is 277 g/mol. The van der Waals surface area contributed by atoms with Gasteiger partial charge in [0.2, 0.25) is 0 Å². The predicted octanol–water partition coefficient (Wildman–Crippen LogP) is 2.08. The van der Waals surface area contributed by atoms with Crippen molar-refractivity contribution in [1.82, 2.24) is 5.32 Å². The van der Waals surface area contributed by atoms with Gasteiger partial charge in [0.15, 0.2) is 11.5 Å². The molecule has 0 saturated heterocycles. The predicted molar refractivity (Wildman–Crippen MR) is 76.6 cm³/mol. The van der Waals surface area contributed by atoms with Crippen LogP contribution in [0.5, 0.6) is 11.5 Å². The highest BCUT2D eigenvalue weighted by Gasteiger charge is 2.58. The number of rotatable bonds is 3. The summed E-state index contributed by atoms with van der Waals surface area (Å²) in [5.41, 5.74) is -0.239. The Kier molecular flexibility index (Phi) is 3.18. The third-order valence-corrected chi connectivity index (χ3v) is 4.99. The zero-order chi connectivity index (χ0) is 14.5. The van der Waals surface area contributed by atoms with Gasteiger partial charge in [0, 0.05) is 12.1 Å². The van der Waals surface area contributed by atoms with Gasteiger partial charge in [0.05, 0.1) is 0 Å².